The number of phenolic OH excluding ortho intramolecular Hbond substituents is 1. The fourth-order valence-corrected chi connectivity index (χ4v) is 4.16. The van der Waals surface area contributed by atoms with Crippen molar-refractivity contribution in [2.24, 2.45) is 0 Å². The van der Waals surface area contributed by atoms with Gasteiger partial charge in [-0.2, -0.15) is 5.10 Å². The number of rotatable bonds is 4. The predicted octanol–water partition coefficient (Wildman–Crippen LogP) is 3.93. The molecule has 0 unspecified atom stereocenters. The summed E-state index contributed by atoms with van der Waals surface area (Å²) >= 11 is 0. The van der Waals surface area contributed by atoms with Crippen LogP contribution in [0, 0.1) is 0 Å². The fraction of sp³-hybridized carbons (Fsp3) is 0.192. The Morgan fingerprint density at radius 1 is 1.12 bits per heavy atom. The van der Waals surface area contributed by atoms with Crippen molar-refractivity contribution in [1.82, 2.24) is 25.4 Å². The molecule has 1 amide bonds. The predicted molar refractivity (Wildman–Crippen MR) is 130 cm³/mol. The van der Waals surface area contributed by atoms with Crippen LogP contribution in [0.4, 0.5) is 0 Å². The topological polar surface area (TPSA) is 94.1 Å². The van der Waals surface area contributed by atoms with Gasteiger partial charge < -0.3 is 15.3 Å². The maximum atomic E-state index is 13.8. The van der Waals surface area contributed by atoms with Crippen molar-refractivity contribution in [2.45, 2.75) is 13.0 Å². The highest BCUT2D eigenvalue weighted by atomic mass is 16.3. The van der Waals surface area contributed by atoms with Gasteiger partial charge >= 0.3 is 0 Å². The van der Waals surface area contributed by atoms with E-state index in [1.165, 1.54) is 0 Å². The van der Waals surface area contributed by atoms with E-state index in [0.29, 0.717) is 28.8 Å². The van der Waals surface area contributed by atoms with Crippen molar-refractivity contribution in [2.75, 3.05) is 19.6 Å². The highest BCUT2D eigenvalue weighted by Gasteiger charge is 2.27. The smallest absolute Gasteiger partial charge is 0.255 e. The molecule has 7 heteroatoms. The summed E-state index contributed by atoms with van der Waals surface area (Å²) in [5.74, 6) is 0.145. The molecule has 0 saturated carbocycles. The van der Waals surface area contributed by atoms with Crippen LogP contribution in [-0.2, 0) is 0 Å². The summed E-state index contributed by atoms with van der Waals surface area (Å²) in [6.45, 7) is 4.22. The van der Waals surface area contributed by atoms with E-state index in [4.69, 9.17) is 4.98 Å². The van der Waals surface area contributed by atoms with Crippen LogP contribution in [0.25, 0.3) is 34.4 Å². The number of H-pyrrole nitrogens is 1. The summed E-state index contributed by atoms with van der Waals surface area (Å²) in [5, 5.41) is 21.2. The first kappa shape index (κ1) is 20.9. The Morgan fingerprint density at radius 3 is 2.67 bits per heavy atom. The summed E-state index contributed by atoms with van der Waals surface area (Å²) in [6, 6.07) is 18.7. The molecule has 1 aliphatic heterocycles. The Kier molecular flexibility index (Phi) is 5.62. The SMILES string of the molecule is C[C@H]1CNCCN1C(=O)c1cc(-c2ccc(O)cc2)nc2n[nH]c(C=Cc3ccccc3)c12. The van der Waals surface area contributed by atoms with Gasteiger partial charge in [0.2, 0.25) is 0 Å². The summed E-state index contributed by atoms with van der Waals surface area (Å²) in [7, 11) is 0. The Balaban J connectivity index is 1.64. The molecule has 33 heavy (non-hydrogen) atoms. The van der Waals surface area contributed by atoms with E-state index in [9.17, 15) is 9.90 Å². The highest BCUT2D eigenvalue weighted by molar-refractivity contribution is 6.09. The van der Waals surface area contributed by atoms with Crippen LogP contribution in [0.1, 0.15) is 28.5 Å². The summed E-state index contributed by atoms with van der Waals surface area (Å²) in [6.07, 6.45) is 3.92. The molecule has 5 rings (SSSR count). The molecule has 1 saturated heterocycles. The van der Waals surface area contributed by atoms with Gasteiger partial charge in [0.15, 0.2) is 5.65 Å². The van der Waals surface area contributed by atoms with Gasteiger partial charge in [-0.1, -0.05) is 36.4 Å². The number of aromatic hydroxyl groups is 1. The molecule has 1 atom stereocenters. The minimum Gasteiger partial charge on any atom is -0.508 e. The maximum absolute atomic E-state index is 13.8. The van der Waals surface area contributed by atoms with Crippen molar-refractivity contribution < 1.29 is 9.90 Å². The Hall–Kier alpha value is -3.97. The van der Waals surface area contributed by atoms with Gasteiger partial charge in [0.05, 0.1) is 22.3 Å². The number of carbonyl (C=O) groups is 1. The zero-order valence-corrected chi connectivity index (χ0v) is 18.3. The molecule has 1 fully saturated rings. The van der Waals surface area contributed by atoms with E-state index in [1.54, 1.807) is 24.3 Å². The van der Waals surface area contributed by atoms with Crippen LogP contribution in [0.5, 0.6) is 5.75 Å². The Bertz CT molecular complexity index is 1310. The average Bonchev–Trinajstić information content (AvgIpc) is 3.26. The number of piperazine rings is 1. The van der Waals surface area contributed by atoms with Gasteiger partial charge in [-0.15, -0.1) is 0 Å². The molecule has 7 nitrogen and oxygen atoms in total. The Morgan fingerprint density at radius 2 is 1.91 bits per heavy atom. The normalized spacial score (nSPS) is 16.5. The molecule has 4 aromatic rings. The highest BCUT2D eigenvalue weighted by Crippen LogP contribution is 2.29. The second-order valence-corrected chi connectivity index (χ2v) is 8.23. The van der Waals surface area contributed by atoms with Crippen molar-refractivity contribution in [3.8, 4) is 17.0 Å². The first-order valence-corrected chi connectivity index (χ1v) is 11.0. The first-order valence-electron chi connectivity index (χ1n) is 11.0. The number of hydrogen-bond donors (Lipinski definition) is 3. The summed E-state index contributed by atoms with van der Waals surface area (Å²) in [4.78, 5) is 20.4. The molecule has 0 radical (unpaired) electrons. The monoisotopic (exact) mass is 439 g/mol. The van der Waals surface area contributed by atoms with Gasteiger partial charge in [-0.3, -0.25) is 9.89 Å². The molecule has 3 heterocycles. The van der Waals surface area contributed by atoms with E-state index >= 15 is 0 Å². The number of hydrogen-bond acceptors (Lipinski definition) is 5. The van der Waals surface area contributed by atoms with E-state index in [0.717, 1.165) is 29.9 Å². The molecule has 166 valence electrons. The molecule has 0 spiro atoms. The number of aromatic nitrogens is 3. The first-order chi connectivity index (χ1) is 16.1. The number of aromatic amines is 1. The van der Waals surface area contributed by atoms with E-state index in [2.05, 4.69) is 22.4 Å². The van der Waals surface area contributed by atoms with Crippen LogP contribution in [0.3, 0.4) is 0 Å². The van der Waals surface area contributed by atoms with Crippen molar-refractivity contribution in [3.63, 3.8) is 0 Å². The summed E-state index contributed by atoms with van der Waals surface area (Å²) in [5.41, 5.74) is 4.29. The van der Waals surface area contributed by atoms with E-state index in [1.807, 2.05) is 53.5 Å². The fourth-order valence-electron chi connectivity index (χ4n) is 4.16. The van der Waals surface area contributed by atoms with Crippen LogP contribution in [0.15, 0.2) is 60.7 Å². The maximum Gasteiger partial charge on any atom is 0.255 e. The zero-order valence-electron chi connectivity index (χ0n) is 18.3. The van der Waals surface area contributed by atoms with Crippen LogP contribution < -0.4 is 5.32 Å². The molecule has 2 aromatic carbocycles. The average molecular weight is 440 g/mol. The number of amides is 1. The second-order valence-electron chi connectivity index (χ2n) is 8.23. The lowest BCUT2D eigenvalue weighted by Crippen LogP contribution is -2.52. The second kappa shape index (κ2) is 8.88. The number of phenols is 1. The molecular weight excluding hydrogens is 414 g/mol. The lowest BCUT2D eigenvalue weighted by atomic mass is 10.0. The minimum atomic E-state index is -0.0350. The van der Waals surface area contributed by atoms with Gasteiger partial charge in [-0.05, 0) is 48.9 Å². The van der Waals surface area contributed by atoms with Gasteiger partial charge in [-0.25, -0.2) is 4.98 Å². The van der Waals surface area contributed by atoms with Crippen LogP contribution in [0.2, 0.25) is 0 Å². The van der Waals surface area contributed by atoms with Crippen LogP contribution >= 0.6 is 0 Å². The number of fused-ring (bicyclic) bond motifs is 1. The third-order valence-electron chi connectivity index (χ3n) is 5.95. The van der Waals surface area contributed by atoms with Gasteiger partial charge in [0, 0.05) is 31.2 Å². The number of pyridine rings is 1. The van der Waals surface area contributed by atoms with Gasteiger partial charge in [0.25, 0.3) is 5.91 Å². The zero-order chi connectivity index (χ0) is 22.8. The number of carbonyl (C=O) groups excluding carboxylic acids is 1. The summed E-state index contributed by atoms with van der Waals surface area (Å²) < 4.78 is 0. The third kappa shape index (κ3) is 4.23. The van der Waals surface area contributed by atoms with Gasteiger partial charge in [0.1, 0.15) is 5.75 Å². The lowest BCUT2D eigenvalue weighted by Gasteiger charge is -2.34. The third-order valence-corrected chi connectivity index (χ3v) is 5.95. The molecule has 3 N–H and O–H groups in total. The molecular formula is C26H25N5O2. The van der Waals surface area contributed by atoms with E-state index in [-0.39, 0.29) is 17.7 Å². The van der Waals surface area contributed by atoms with Crippen molar-refractivity contribution in [1.29, 1.82) is 0 Å². The minimum absolute atomic E-state index is 0.0350. The molecule has 2 aromatic heterocycles. The molecule has 1 aliphatic rings. The number of benzene rings is 2. The van der Waals surface area contributed by atoms with E-state index < -0.39 is 0 Å². The lowest BCUT2D eigenvalue weighted by molar-refractivity contribution is 0.0657. The van der Waals surface area contributed by atoms with Crippen molar-refractivity contribution in [3.05, 3.63) is 77.5 Å². The number of nitrogens with zero attached hydrogens (tertiary/aromatic N) is 3. The quantitative estimate of drug-likeness (QED) is 0.448. The number of nitrogens with one attached hydrogen (secondary N) is 2. The van der Waals surface area contributed by atoms with Crippen molar-refractivity contribution >= 4 is 29.1 Å². The molecule has 0 aliphatic carbocycles. The van der Waals surface area contributed by atoms with Crippen LogP contribution in [-0.4, -0.2) is 56.8 Å². The standard InChI is InChI=1S/C26H25N5O2/c1-17-16-27-13-14-31(17)26(33)21-15-23(19-8-10-20(32)11-9-19)28-25-24(21)22(29-30-25)12-7-18-5-3-2-4-6-18/h2-12,15,17,27,32H,13-14,16H2,1H3,(H,28,29,30)/t17-/m0/s1. The Labute approximate surface area is 191 Å². The molecule has 0 bridgehead atoms. The largest absolute Gasteiger partial charge is 0.508 e.